The molecule has 1 fully saturated rings. The van der Waals surface area contributed by atoms with E-state index in [1.165, 1.54) is 37.1 Å². The molecule has 1 aromatic rings. The fraction of sp³-hybridized carbons (Fsp3) is 0.643. The Morgan fingerprint density at radius 1 is 1.53 bits per heavy atom. The molecule has 1 aromatic heterocycles. The maximum atomic E-state index is 5.22. The second kappa shape index (κ2) is 5.32. The molecule has 94 valence electrons. The van der Waals surface area contributed by atoms with E-state index < -0.39 is 0 Å². The van der Waals surface area contributed by atoms with Gasteiger partial charge >= 0.3 is 0 Å². The molecule has 1 saturated heterocycles. The molecule has 1 aliphatic heterocycles. The summed E-state index contributed by atoms with van der Waals surface area (Å²) >= 11 is 5.22. The number of hydrogen-bond donors (Lipinski definition) is 1. The van der Waals surface area contributed by atoms with E-state index in [0.29, 0.717) is 6.04 Å². The quantitative estimate of drug-likeness (QED) is 0.822. The molecule has 2 nitrogen and oxygen atoms in total. The van der Waals surface area contributed by atoms with Crippen LogP contribution in [-0.2, 0) is 0 Å². The Kier molecular flexibility index (Phi) is 4.00. The average Bonchev–Trinajstić information content (AvgIpc) is 2.69. The van der Waals surface area contributed by atoms with Crippen LogP contribution in [0, 0.1) is 17.5 Å². The van der Waals surface area contributed by atoms with Crippen LogP contribution < -0.4 is 0 Å². The van der Waals surface area contributed by atoms with Crippen molar-refractivity contribution in [1.29, 1.82) is 0 Å². The molecule has 0 aromatic carbocycles. The van der Waals surface area contributed by atoms with Gasteiger partial charge < -0.3 is 4.98 Å². The van der Waals surface area contributed by atoms with Crippen molar-refractivity contribution in [3.63, 3.8) is 0 Å². The molecule has 0 saturated carbocycles. The normalized spacial score (nSPS) is 21.3. The minimum atomic E-state index is 0.586. The average molecular weight is 250 g/mol. The molecule has 1 atom stereocenters. The summed E-state index contributed by atoms with van der Waals surface area (Å²) in [5.41, 5.74) is 2.59. The lowest BCUT2D eigenvalue weighted by atomic mass is 10.0. The molecule has 2 rings (SSSR count). The van der Waals surface area contributed by atoms with E-state index >= 15 is 0 Å². The predicted octanol–water partition coefficient (Wildman–Crippen LogP) is 3.85. The molecular formula is C14H22N2S. The first kappa shape index (κ1) is 12.8. The summed E-state index contributed by atoms with van der Waals surface area (Å²) in [6, 6.07) is 2.84. The molecule has 0 radical (unpaired) electrons. The summed E-state index contributed by atoms with van der Waals surface area (Å²) in [7, 11) is 0. The van der Waals surface area contributed by atoms with Gasteiger partial charge in [-0.15, -0.1) is 0 Å². The first-order valence-corrected chi connectivity index (χ1v) is 6.92. The molecule has 0 amide bonds. The Morgan fingerprint density at radius 3 is 2.94 bits per heavy atom. The molecule has 1 N–H and O–H groups in total. The Labute approximate surface area is 109 Å². The van der Waals surface area contributed by atoms with Crippen molar-refractivity contribution in [3.05, 3.63) is 28.0 Å². The van der Waals surface area contributed by atoms with Crippen LogP contribution in [0.3, 0.4) is 0 Å². The molecule has 17 heavy (non-hydrogen) atoms. The van der Waals surface area contributed by atoms with Gasteiger partial charge in [0.2, 0.25) is 0 Å². The van der Waals surface area contributed by atoms with Crippen LogP contribution in [0.1, 0.15) is 43.9 Å². The van der Waals surface area contributed by atoms with E-state index in [2.05, 4.69) is 42.9 Å². The van der Waals surface area contributed by atoms with Crippen molar-refractivity contribution < 1.29 is 0 Å². The molecule has 3 heteroatoms. The zero-order valence-corrected chi connectivity index (χ0v) is 11.8. The first-order chi connectivity index (χ1) is 8.08. The third-order valence-corrected chi connectivity index (χ3v) is 3.90. The third-order valence-electron chi connectivity index (χ3n) is 3.46. The Bertz CT molecular complexity index is 436. The van der Waals surface area contributed by atoms with Crippen molar-refractivity contribution in [1.82, 2.24) is 9.88 Å². The van der Waals surface area contributed by atoms with Gasteiger partial charge in [0.15, 0.2) is 0 Å². The maximum Gasteiger partial charge on any atom is 0.106 e. The van der Waals surface area contributed by atoms with Crippen LogP contribution in [-0.4, -0.2) is 23.0 Å². The highest BCUT2D eigenvalue weighted by Gasteiger charge is 2.26. The molecule has 0 aliphatic carbocycles. The number of aromatic amines is 1. The molecular weight excluding hydrogens is 228 g/mol. The smallest absolute Gasteiger partial charge is 0.106 e. The van der Waals surface area contributed by atoms with Crippen molar-refractivity contribution >= 4 is 12.2 Å². The number of rotatable bonds is 3. The first-order valence-electron chi connectivity index (χ1n) is 6.51. The van der Waals surface area contributed by atoms with Gasteiger partial charge in [-0.25, -0.2) is 0 Å². The number of aryl methyl sites for hydroxylation is 1. The fourth-order valence-corrected chi connectivity index (χ4v) is 2.82. The second-order valence-electron chi connectivity index (χ2n) is 5.49. The van der Waals surface area contributed by atoms with E-state index in [-0.39, 0.29) is 0 Å². The standard InChI is InChI=1S/C14H22N2S/c1-10(2)9-16-6-4-5-13(16)12-7-11(3)14(17)15-8-12/h7-8,10,13H,4-6,9H2,1-3H3,(H,15,17)/t13-/m1/s1. The third kappa shape index (κ3) is 2.96. The van der Waals surface area contributed by atoms with Gasteiger partial charge in [0, 0.05) is 18.8 Å². The van der Waals surface area contributed by atoms with E-state index in [1.54, 1.807) is 0 Å². The van der Waals surface area contributed by atoms with E-state index in [1.807, 2.05) is 0 Å². The van der Waals surface area contributed by atoms with Crippen LogP contribution in [0.25, 0.3) is 0 Å². The summed E-state index contributed by atoms with van der Waals surface area (Å²) < 4.78 is 0.863. The number of nitrogens with one attached hydrogen (secondary N) is 1. The number of pyridine rings is 1. The maximum absolute atomic E-state index is 5.22. The Morgan fingerprint density at radius 2 is 2.29 bits per heavy atom. The van der Waals surface area contributed by atoms with Gasteiger partial charge in [0.1, 0.15) is 4.64 Å². The fourth-order valence-electron chi connectivity index (χ4n) is 2.70. The van der Waals surface area contributed by atoms with Crippen molar-refractivity contribution in [2.45, 2.75) is 39.7 Å². The highest BCUT2D eigenvalue weighted by Crippen LogP contribution is 2.32. The van der Waals surface area contributed by atoms with Crippen molar-refractivity contribution in [3.8, 4) is 0 Å². The van der Waals surface area contributed by atoms with Crippen molar-refractivity contribution in [2.24, 2.45) is 5.92 Å². The molecule has 2 heterocycles. The second-order valence-corrected chi connectivity index (χ2v) is 5.90. The Balaban J connectivity index is 2.20. The van der Waals surface area contributed by atoms with E-state index in [9.17, 15) is 0 Å². The van der Waals surface area contributed by atoms with Crippen LogP contribution in [0.4, 0.5) is 0 Å². The van der Waals surface area contributed by atoms with Crippen molar-refractivity contribution in [2.75, 3.05) is 13.1 Å². The zero-order valence-electron chi connectivity index (χ0n) is 11.0. The monoisotopic (exact) mass is 250 g/mol. The minimum Gasteiger partial charge on any atom is -0.352 e. The molecule has 0 spiro atoms. The van der Waals surface area contributed by atoms with Crippen LogP contribution in [0.2, 0.25) is 0 Å². The predicted molar refractivity (Wildman–Crippen MR) is 74.7 cm³/mol. The SMILES string of the molecule is Cc1cc([C@H]2CCCN2CC(C)C)c[nH]c1=S. The van der Waals surface area contributed by atoms with Crippen LogP contribution >= 0.6 is 12.2 Å². The summed E-state index contributed by atoms with van der Waals surface area (Å²) in [5, 5.41) is 0. The van der Waals surface area contributed by atoms with Crippen LogP contribution in [0.5, 0.6) is 0 Å². The van der Waals surface area contributed by atoms with Crippen LogP contribution in [0.15, 0.2) is 12.3 Å². The number of hydrogen-bond acceptors (Lipinski definition) is 2. The molecule has 0 bridgehead atoms. The van der Waals surface area contributed by atoms with Gasteiger partial charge in [0.25, 0.3) is 0 Å². The summed E-state index contributed by atoms with van der Waals surface area (Å²) in [4.78, 5) is 5.81. The van der Waals surface area contributed by atoms with Gasteiger partial charge in [-0.05, 0) is 43.4 Å². The topological polar surface area (TPSA) is 19.0 Å². The Hall–Kier alpha value is -0.670. The summed E-state index contributed by atoms with van der Waals surface area (Å²) in [6.45, 7) is 9.10. The number of aromatic nitrogens is 1. The largest absolute Gasteiger partial charge is 0.352 e. The van der Waals surface area contributed by atoms with Gasteiger partial charge in [-0.1, -0.05) is 32.1 Å². The lowest BCUT2D eigenvalue weighted by Crippen LogP contribution is -2.27. The highest BCUT2D eigenvalue weighted by molar-refractivity contribution is 7.71. The number of likely N-dealkylation sites (tertiary alicyclic amines) is 1. The number of H-pyrrole nitrogens is 1. The van der Waals surface area contributed by atoms with E-state index in [0.717, 1.165) is 10.6 Å². The highest BCUT2D eigenvalue weighted by atomic mass is 32.1. The lowest BCUT2D eigenvalue weighted by Gasteiger charge is -2.26. The number of nitrogens with zero attached hydrogens (tertiary/aromatic N) is 1. The van der Waals surface area contributed by atoms with Gasteiger partial charge in [0.05, 0.1) is 0 Å². The molecule has 0 unspecified atom stereocenters. The zero-order chi connectivity index (χ0) is 12.4. The minimum absolute atomic E-state index is 0.586. The lowest BCUT2D eigenvalue weighted by molar-refractivity contribution is 0.228. The summed E-state index contributed by atoms with van der Waals surface area (Å²) in [5.74, 6) is 0.735. The van der Waals surface area contributed by atoms with Gasteiger partial charge in [-0.2, -0.15) is 0 Å². The van der Waals surface area contributed by atoms with Gasteiger partial charge in [-0.3, -0.25) is 4.90 Å². The molecule has 1 aliphatic rings. The summed E-state index contributed by atoms with van der Waals surface area (Å²) in [6.07, 6.45) is 4.68. The van der Waals surface area contributed by atoms with E-state index in [4.69, 9.17) is 12.2 Å².